The summed E-state index contributed by atoms with van der Waals surface area (Å²) in [5, 5.41) is 6.89. The van der Waals surface area contributed by atoms with Gasteiger partial charge in [-0.25, -0.2) is 4.39 Å². The highest BCUT2D eigenvalue weighted by Gasteiger charge is 2.12. The lowest BCUT2D eigenvalue weighted by Gasteiger charge is -2.14. The van der Waals surface area contributed by atoms with Crippen molar-refractivity contribution in [3.63, 3.8) is 0 Å². The third kappa shape index (κ3) is 3.63. The lowest BCUT2D eigenvalue weighted by atomic mass is 10.1. The predicted molar refractivity (Wildman–Crippen MR) is 89.8 cm³/mol. The number of carbonyl (C=O) groups is 1. The molecule has 0 saturated heterocycles. The Balaban J connectivity index is 1.69. The molecule has 2 heterocycles. The molecule has 1 aromatic carbocycles. The van der Waals surface area contributed by atoms with Crippen LogP contribution in [0.2, 0.25) is 0 Å². The number of thiophene rings is 1. The highest BCUT2D eigenvalue weighted by Crippen LogP contribution is 2.20. The molecule has 0 aliphatic carbocycles. The Morgan fingerprint density at radius 1 is 1.17 bits per heavy atom. The molecule has 3 nitrogen and oxygen atoms in total. The van der Waals surface area contributed by atoms with E-state index in [2.05, 4.69) is 10.3 Å². The maximum atomic E-state index is 12.9. The van der Waals surface area contributed by atoms with Crippen molar-refractivity contribution in [1.29, 1.82) is 0 Å². The molecular formula is C18H15FN2OS. The Morgan fingerprint density at radius 3 is 2.57 bits per heavy atom. The lowest BCUT2D eigenvalue weighted by molar-refractivity contribution is 0.0939. The highest BCUT2D eigenvalue weighted by atomic mass is 32.1. The summed E-state index contributed by atoms with van der Waals surface area (Å²) in [6.45, 7) is 1.86. The quantitative estimate of drug-likeness (QED) is 0.770. The molecule has 3 aromatic rings. The van der Waals surface area contributed by atoms with Gasteiger partial charge in [-0.15, -0.1) is 0 Å². The number of hydrogen-bond acceptors (Lipinski definition) is 3. The number of nitrogens with zero attached hydrogens (tertiary/aromatic N) is 1. The fraction of sp³-hybridized carbons (Fsp3) is 0.111. The van der Waals surface area contributed by atoms with Crippen LogP contribution in [0.25, 0.3) is 11.3 Å². The summed E-state index contributed by atoms with van der Waals surface area (Å²) in [6.07, 6.45) is 1.57. The Morgan fingerprint density at radius 2 is 1.96 bits per heavy atom. The second kappa shape index (κ2) is 6.71. The van der Waals surface area contributed by atoms with Crippen LogP contribution in [0.5, 0.6) is 0 Å². The van der Waals surface area contributed by atoms with Crippen LogP contribution in [0.4, 0.5) is 4.39 Å². The van der Waals surface area contributed by atoms with E-state index in [4.69, 9.17) is 0 Å². The first-order valence-electron chi connectivity index (χ1n) is 7.18. The van der Waals surface area contributed by atoms with Gasteiger partial charge in [0.2, 0.25) is 0 Å². The standard InChI is InChI=1S/C18H15FN2OS/c1-12(13-2-5-16(19)6-3-13)21-18(22)14-4-7-17(20-10-14)15-8-9-23-11-15/h2-12H,1H3,(H,21,22). The minimum Gasteiger partial charge on any atom is -0.345 e. The molecule has 5 heteroatoms. The Kier molecular flexibility index (Phi) is 4.48. The monoisotopic (exact) mass is 326 g/mol. The molecule has 0 fully saturated rings. The van der Waals surface area contributed by atoms with Crippen molar-refractivity contribution < 1.29 is 9.18 Å². The number of pyridine rings is 1. The van der Waals surface area contributed by atoms with Crippen molar-refractivity contribution in [1.82, 2.24) is 10.3 Å². The third-order valence-corrected chi connectivity index (χ3v) is 4.24. The number of hydrogen-bond donors (Lipinski definition) is 1. The van der Waals surface area contributed by atoms with E-state index >= 15 is 0 Å². The van der Waals surface area contributed by atoms with Gasteiger partial charge in [0.25, 0.3) is 5.91 Å². The molecule has 0 aliphatic heterocycles. The van der Waals surface area contributed by atoms with Gasteiger partial charge >= 0.3 is 0 Å². The number of carbonyl (C=O) groups excluding carboxylic acids is 1. The largest absolute Gasteiger partial charge is 0.345 e. The smallest absolute Gasteiger partial charge is 0.253 e. The molecule has 0 spiro atoms. The van der Waals surface area contributed by atoms with Crippen molar-refractivity contribution >= 4 is 17.2 Å². The van der Waals surface area contributed by atoms with Crippen molar-refractivity contribution in [3.05, 3.63) is 76.4 Å². The van der Waals surface area contributed by atoms with E-state index in [9.17, 15) is 9.18 Å². The average molecular weight is 326 g/mol. The maximum Gasteiger partial charge on any atom is 0.253 e. The Labute approximate surface area is 137 Å². The average Bonchev–Trinajstić information content (AvgIpc) is 3.10. The fourth-order valence-corrected chi connectivity index (χ4v) is 2.87. The van der Waals surface area contributed by atoms with Gasteiger partial charge in [-0.3, -0.25) is 9.78 Å². The topological polar surface area (TPSA) is 42.0 Å². The van der Waals surface area contributed by atoms with Gasteiger partial charge in [0.15, 0.2) is 0 Å². The zero-order valence-corrected chi connectivity index (χ0v) is 13.3. The van der Waals surface area contributed by atoms with Crippen LogP contribution >= 0.6 is 11.3 Å². The van der Waals surface area contributed by atoms with E-state index in [0.717, 1.165) is 16.8 Å². The fourth-order valence-electron chi connectivity index (χ4n) is 2.22. The number of aromatic nitrogens is 1. The minimum atomic E-state index is -0.291. The summed E-state index contributed by atoms with van der Waals surface area (Å²) in [6, 6.07) is 11.5. The van der Waals surface area contributed by atoms with Crippen molar-refractivity contribution in [2.24, 2.45) is 0 Å². The number of benzene rings is 1. The number of amides is 1. The summed E-state index contributed by atoms with van der Waals surface area (Å²) >= 11 is 1.61. The van der Waals surface area contributed by atoms with Crippen LogP contribution in [-0.4, -0.2) is 10.9 Å². The van der Waals surface area contributed by atoms with Crippen molar-refractivity contribution in [3.8, 4) is 11.3 Å². The summed E-state index contributed by atoms with van der Waals surface area (Å²) in [4.78, 5) is 16.6. The Bertz CT molecular complexity index is 783. The van der Waals surface area contributed by atoms with Gasteiger partial charge in [-0.05, 0) is 48.2 Å². The molecule has 0 radical (unpaired) electrons. The van der Waals surface area contributed by atoms with Gasteiger partial charge in [0.05, 0.1) is 17.3 Å². The second-order valence-electron chi connectivity index (χ2n) is 5.19. The van der Waals surface area contributed by atoms with Crippen LogP contribution < -0.4 is 5.32 Å². The van der Waals surface area contributed by atoms with E-state index in [1.165, 1.54) is 12.1 Å². The van der Waals surface area contributed by atoms with Crippen LogP contribution in [0.15, 0.2) is 59.4 Å². The number of halogens is 1. The van der Waals surface area contributed by atoms with Gasteiger partial charge in [-0.1, -0.05) is 12.1 Å². The van der Waals surface area contributed by atoms with Crippen molar-refractivity contribution in [2.45, 2.75) is 13.0 Å². The molecule has 1 unspecified atom stereocenters. The van der Waals surface area contributed by atoms with E-state index in [1.807, 2.05) is 29.8 Å². The van der Waals surface area contributed by atoms with Gasteiger partial charge < -0.3 is 5.32 Å². The van der Waals surface area contributed by atoms with E-state index in [-0.39, 0.29) is 17.8 Å². The SMILES string of the molecule is CC(NC(=O)c1ccc(-c2ccsc2)nc1)c1ccc(F)cc1. The summed E-state index contributed by atoms with van der Waals surface area (Å²) in [5.41, 5.74) is 3.23. The van der Waals surface area contributed by atoms with E-state index in [1.54, 1.807) is 35.7 Å². The lowest BCUT2D eigenvalue weighted by Crippen LogP contribution is -2.26. The molecule has 0 bridgehead atoms. The third-order valence-electron chi connectivity index (χ3n) is 3.56. The molecular weight excluding hydrogens is 311 g/mol. The van der Waals surface area contributed by atoms with Crippen LogP contribution in [0.3, 0.4) is 0 Å². The number of nitrogens with one attached hydrogen (secondary N) is 1. The van der Waals surface area contributed by atoms with E-state index in [0.29, 0.717) is 5.56 Å². The minimum absolute atomic E-state index is 0.203. The summed E-state index contributed by atoms with van der Waals surface area (Å²) in [5.74, 6) is -0.494. The summed E-state index contributed by atoms with van der Waals surface area (Å²) < 4.78 is 12.9. The first kappa shape index (κ1) is 15.4. The molecule has 23 heavy (non-hydrogen) atoms. The van der Waals surface area contributed by atoms with Crippen LogP contribution in [0, 0.1) is 5.82 Å². The van der Waals surface area contributed by atoms with E-state index < -0.39 is 0 Å². The second-order valence-corrected chi connectivity index (χ2v) is 5.97. The van der Waals surface area contributed by atoms with Gasteiger partial charge in [0.1, 0.15) is 5.82 Å². The molecule has 1 N–H and O–H groups in total. The molecule has 3 rings (SSSR count). The normalized spacial score (nSPS) is 11.9. The molecule has 1 atom stereocenters. The molecule has 0 aliphatic rings. The maximum absolute atomic E-state index is 12.9. The zero-order chi connectivity index (χ0) is 16.2. The highest BCUT2D eigenvalue weighted by molar-refractivity contribution is 7.08. The van der Waals surface area contributed by atoms with Crippen molar-refractivity contribution in [2.75, 3.05) is 0 Å². The molecule has 2 aromatic heterocycles. The zero-order valence-electron chi connectivity index (χ0n) is 12.5. The Hall–Kier alpha value is -2.53. The first-order valence-corrected chi connectivity index (χ1v) is 8.13. The van der Waals surface area contributed by atoms with Gasteiger partial charge in [-0.2, -0.15) is 11.3 Å². The molecule has 1 amide bonds. The van der Waals surface area contributed by atoms with Crippen LogP contribution in [-0.2, 0) is 0 Å². The predicted octanol–water partition coefficient (Wildman–Crippen LogP) is 4.44. The van der Waals surface area contributed by atoms with Crippen LogP contribution in [0.1, 0.15) is 28.9 Å². The molecule has 116 valence electrons. The summed E-state index contributed by atoms with van der Waals surface area (Å²) in [7, 11) is 0. The number of rotatable bonds is 4. The molecule has 0 saturated carbocycles. The van der Waals surface area contributed by atoms with Gasteiger partial charge in [0, 0.05) is 17.1 Å². The first-order chi connectivity index (χ1) is 11.1.